The van der Waals surface area contributed by atoms with Crippen molar-refractivity contribution in [3.05, 3.63) is 0 Å². The normalized spacial score (nSPS) is 37.4. The second kappa shape index (κ2) is 5.44. The van der Waals surface area contributed by atoms with Gasteiger partial charge in [-0.25, -0.2) is 0 Å². The van der Waals surface area contributed by atoms with E-state index in [1.54, 1.807) is 0 Å². The summed E-state index contributed by atoms with van der Waals surface area (Å²) >= 11 is 0. The molecule has 0 amide bonds. The SMILES string of the molecule is CC(=O)O[C@@H]1[C@H](O)[C@H](C)O[C@@H](O)[C@H]1OC(C)=O. The third-order valence-electron chi connectivity index (χ3n) is 2.38. The molecule has 2 N–H and O–H groups in total. The van der Waals surface area contributed by atoms with Gasteiger partial charge in [-0.1, -0.05) is 0 Å². The summed E-state index contributed by atoms with van der Waals surface area (Å²) < 4.78 is 14.6. The maximum atomic E-state index is 10.9. The third kappa shape index (κ3) is 3.39. The Morgan fingerprint density at radius 1 is 1.06 bits per heavy atom. The molecule has 0 spiro atoms. The second-order valence-electron chi connectivity index (χ2n) is 3.87. The Morgan fingerprint density at radius 2 is 1.53 bits per heavy atom. The van der Waals surface area contributed by atoms with Crippen molar-refractivity contribution in [3.8, 4) is 0 Å². The van der Waals surface area contributed by atoms with E-state index in [-0.39, 0.29) is 0 Å². The first-order chi connectivity index (χ1) is 7.82. The minimum atomic E-state index is -1.44. The molecule has 1 aliphatic rings. The largest absolute Gasteiger partial charge is 0.455 e. The fourth-order valence-corrected chi connectivity index (χ4v) is 1.65. The number of carbonyl (C=O) groups is 2. The summed E-state index contributed by atoms with van der Waals surface area (Å²) in [4.78, 5) is 21.8. The molecule has 0 radical (unpaired) electrons. The van der Waals surface area contributed by atoms with Gasteiger partial charge < -0.3 is 24.4 Å². The molecule has 0 saturated carbocycles. The molecule has 0 aromatic carbocycles. The highest BCUT2D eigenvalue weighted by Crippen LogP contribution is 2.24. The van der Waals surface area contributed by atoms with Gasteiger partial charge in [-0.2, -0.15) is 0 Å². The van der Waals surface area contributed by atoms with Crippen molar-refractivity contribution in [2.45, 2.75) is 51.5 Å². The molecule has 1 rings (SSSR count). The fraction of sp³-hybridized carbons (Fsp3) is 0.800. The Bertz CT molecular complexity index is 303. The van der Waals surface area contributed by atoms with Crippen molar-refractivity contribution >= 4 is 11.9 Å². The number of aliphatic hydroxyl groups is 2. The van der Waals surface area contributed by atoms with E-state index in [0.29, 0.717) is 0 Å². The number of ether oxygens (including phenoxy) is 3. The van der Waals surface area contributed by atoms with Gasteiger partial charge in [0.15, 0.2) is 18.5 Å². The molecule has 1 aliphatic heterocycles. The van der Waals surface area contributed by atoms with Crippen molar-refractivity contribution in [2.24, 2.45) is 0 Å². The standard InChI is InChI=1S/C10H16O7/c1-4-7(13)8(16-5(2)11)9(10(14)15-4)17-6(3)12/h4,7-10,13-14H,1-3H3/t4-,7+,8+,9-,10+/m0/s1. The molecular weight excluding hydrogens is 232 g/mol. The number of carbonyl (C=O) groups excluding carboxylic acids is 2. The molecule has 0 aromatic rings. The molecule has 98 valence electrons. The summed E-state index contributed by atoms with van der Waals surface area (Å²) in [6, 6.07) is 0. The van der Waals surface area contributed by atoms with Crippen LogP contribution in [0.3, 0.4) is 0 Å². The number of hydrogen-bond donors (Lipinski definition) is 2. The van der Waals surface area contributed by atoms with Gasteiger partial charge in [0.05, 0.1) is 6.10 Å². The van der Waals surface area contributed by atoms with Crippen LogP contribution in [0.5, 0.6) is 0 Å². The molecule has 0 aromatic heterocycles. The Labute approximate surface area is 98.3 Å². The summed E-state index contributed by atoms with van der Waals surface area (Å²) in [5.41, 5.74) is 0. The van der Waals surface area contributed by atoms with E-state index in [1.807, 2.05) is 0 Å². The van der Waals surface area contributed by atoms with Gasteiger partial charge >= 0.3 is 11.9 Å². The molecule has 1 fully saturated rings. The lowest BCUT2D eigenvalue weighted by molar-refractivity contribution is -0.285. The average molecular weight is 248 g/mol. The second-order valence-corrected chi connectivity index (χ2v) is 3.87. The molecule has 0 bridgehead atoms. The van der Waals surface area contributed by atoms with Crippen molar-refractivity contribution in [3.63, 3.8) is 0 Å². The topological polar surface area (TPSA) is 102 Å². The zero-order valence-corrected chi connectivity index (χ0v) is 9.82. The first-order valence-corrected chi connectivity index (χ1v) is 5.19. The van der Waals surface area contributed by atoms with Gasteiger partial charge in [-0.15, -0.1) is 0 Å². The van der Waals surface area contributed by atoms with Crippen LogP contribution in [-0.2, 0) is 23.8 Å². The lowest BCUT2D eigenvalue weighted by atomic mass is 9.99. The summed E-state index contributed by atoms with van der Waals surface area (Å²) in [7, 11) is 0. The fourth-order valence-electron chi connectivity index (χ4n) is 1.65. The van der Waals surface area contributed by atoms with E-state index in [2.05, 4.69) is 0 Å². The lowest BCUT2D eigenvalue weighted by Crippen LogP contribution is -2.59. The predicted octanol–water partition coefficient (Wildman–Crippen LogP) is -1.05. The quantitative estimate of drug-likeness (QED) is 0.601. The van der Waals surface area contributed by atoms with Gasteiger partial charge in [-0.3, -0.25) is 9.59 Å². The van der Waals surface area contributed by atoms with E-state index in [0.717, 1.165) is 13.8 Å². The van der Waals surface area contributed by atoms with Crippen LogP contribution in [0.1, 0.15) is 20.8 Å². The van der Waals surface area contributed by atoms with E-state index < -0.39 is 42.6 Å². The van der Waals surface area contributed by atoms with Crippen LogP contribution >= 0.6 is 0 Å². The highest BCUT2D eigenvalue weighted by molar-refractivity contribution is 5.67. The van der Waals surface area contributed by atoms with E-state index in [4.69, 9.17) is 14.2 Å². The molecule has 1 saturated heterocycles. The van der Waals surface area contributed by atoms with Gasteiger partial charge in [0.2, 0.25) is 0 Å². The number of rotatable bonds is 2. The van der Waals surface area contributed by atoms with Crippen molar-refractivity contribution in [2.75, 3.05) is 0 Å². The Hall–Kier alpha value is -1.18. The van der Waals surface area contributed by atoms with Crippen LogP contribution in [-0.4, -0.2) is 52.9 Å². The van der Waals surface area contributed by atoms with Crippen LogP contribution in [0.4, 0.5) is 0 Å². The maximum absolute atomic E-state index is 10.9. The van der Waals surface area contributed by atoms with Crippen LogP contribution in [0.15, 0.2) is 0 Å². The smallest absolute Gasteiger partial charge is 0.303 e. The van der Waals surface area contributed by atoms with Crippen LogP contribution in [0.2, 0.25) is 0 Å². The lowest BCUT2D eigenvalue weighted by Gasteiger charge is -2.40. The average Bonchev–Trinajstić information content (AvgIpc) is 2.19. The van der Waals surface area contributed by atoms with Gasteiger partial charge in [-0.05, 0) is 6.92 Å². The summed E-state index contributed by atoms with van der Waals surface area (Å²) in [5, 5.41) is 19.4. The van der Waals surface area contributed by atoms with Crippen LogP contribution < -0.4 is 0 Å². The molecule has 0 unspecified atom stereocenters. The number of esters is 2. The Kier molecular flexibility index (Phi) is 4.44. The maximum Gasteiger partial charge on any atom is 0.303 e. The molecule has 0 aliphatic carbocycles. The van der Waals surface area contributed by atoms with Gasteiger partial charge in [0.1, 0.15) is 6.10 Å². The summed E-state index contributed by atoms with van der Waals surface area (Å²) in [5.74, 6) is -1.32. The summed E-state index contributed by atoms with van der Waals surface area (Å²) in [6.45, 7) is 3.81. The number of hydrogen-bond acceptors (Lipinski definition) is 7. The van der Waals surface area contributed by atoms with Crippen molar-refractivity contribution in [1.82, 2.24) is 0 Å². The van der Waals surface area contributed by atoms with Gasteiger partial charge in [0.25, 0.3) is 0 Å². The molecular formula is C10H16O7. The first kappa shape index (κ1) is 13.9. The van der Waals surface area contributed by atoms with E-state index in [1.165, 1.54) is 6.92 Å². The third-order valence-corrected chi connectivity index (χ3v) is 2.38. The summed E-state index contributed by atoms with van der Waals surface area (Å²) in [6.07, 6.45) is -5.73. The minimum absolute atomic E-state index is 0.646. The Morgan fingerprint density at radius 3 is 2.00 bits per heavy atom. The van der Waals surface area contributed by atoms with Crippen molar-refractivity contribution < 1.29 is 34.0 Å². The van der Waals surface area contributed by atoms with E-state index in [9.17, 15) is 19.8 Å². The number of aliphatic hydroxyl groups excluding tert-OH is 2. The van der Waals surface area contributed by atoms with Crippen molar-refractivity contribution in [1.29, 1.82) is 0 Å². The highest BCUT2D eigenvalue weighted by Gasteiger charge is 2.47. The molecule has 5 atom stereocenters. The van der Waals surface area contributed by atoms with Crippen LogP contribution in [0, 0.1) is 0 Å². The monoisotopic (exact) mass is 248 g/mol. The van der Waals surface area contributed by atoms with Gasteiger partial charge in [0, 0.05) is 13.8 Å². The minimum Gasteiger partial charge on any atom is -0.455 e. The highest BCUT2D eigenvalue weighted by atomic mass is 16.7. The van der Waals surface area contributed by atoms with E-state index >= 15 is 0 Å². The molecule has 7 heteroatoms. The zero-order chi connectivity index (χ0) is 13.2. The first-order valence-electron chi connectivity index (χ1n) is 5.19. The predicted molar refractivity (Wildman–Crippen MR) is 53.7 cm³/mol. The molecule has 17 heavy (non-hydrogen) atoms. The zero-order valence-electron chi connectivity index (χ0n) is 9.82. The molecule has 1 heterocycles. The molecule has 7 nitrogen and oxygen atoms in total. The van der Waals surface area contributed by atoms with Crippen LogP contribution in [0.25, 0.3) is 0 Å². The Balaban J connectivity index is 2.86.